The van der Waals surface area contributed by atoms with Crippen molar-refractivity contribution in [2.24, 2.45) is 0 Å². The van der Waals surface area contributed by atoms with E-state index >= 15 is 0 Å². The molecule has 0 unspecified atom stereocenters. The second kappa shape index (κ2) is 7.52. The van der Waals surface area contributed by atoms with Crippen LogP contribution in [0.3, 0.4) is 0 Å². The highest BCUT2D eigenvalue weighted by Crippen LogP contribution is 2.22. The zero-order chi connectivity index (χ0) is 19.7. The number of sulfonamides is 1. The summed E-state index contributed by atoms with van der Waals surface area (Å²) in [5, 5.41) is 7.51. The molecule has 0 aliphatic carbocycles. The molecule has 0 fully saturated rings. The Labute approximate surface area is 171 Å². The fourth-order valence-corrected chi connectivity index (χ4v) is 4.13. The normalized spacial score (nSPS) is 11.9. The third-order valence-electron chi connectivity index (χ3n) is 3.58. The molecule has 1 heterocycles. The average molecular weight is 515 g/mol. The number of halogens is 1. The maximum atomic E-state index is 12.4. The Morgan fingerprint density at radius 1 is 0.815 bits per heavy atom. The van der Waals surface area contributed by atoms with Crippen LogP contribution in [0.1, 0.15) is 0 Å². The third-order valence-corrected chi connectivity index (χ3v) is 6.67. The highest BCUT2D eigenvalue weighted by molar-refractivity contribution is 14.1. The fraction of sp³-hybridized carbons (Fsp3) is 0.0588. The van der Waals surface area contributed by atoms with Gasteiger partial charge in [0, 0.05) is 21.1 Å². The van der Waals surface area contributed by atoms with E-state index < -0.39 is 19.9 Å². The Balaban J connectivity index is 1.80. The quantitative estimate of drug-likeness (QED) is 0.524. The molecule has 0 saturated heterocycles. The van der Waals surface area contributed by atoms with Gasteiger partial charge in [-0.1, -0.05) is 12.1 Å². The van der Waals surface area contributed by atoms with Gasteiger partial charge in [0.05, 0.1) is 10.6 Å². The minimum absolute atomic E-state index is 0.104. The summed E-state index contributed by atoms with van der Waals surface area (Å²) < 4.78 is 51.1. The highest BCUT2D eigenvalue weighted by Gasteiger charge is 2.14. The van der Waals surface area contributed by atoms with Gasteiger partial charge in [-0.3, -0.25) is 4.72 Å². The van der Waals surface area contributed by atoms with E-state index in [0.29, 0.717) is 16.9 Å². The molecular formula is C17H14IN3O4S2. The maximum absolute atomic E-state index is 12.4. The van der Waals surface area contributed by atoms with Crippen LogP contribution in [0.25, 0.3) is 11.3 Å². The molecule has 1 N–H and O–H groups in total. The molecule has 27 heavy (non-hydrogen) atoms. The lowest BCUT2D eigenvalue weighted by molar-refractivity contribution is 0.595. The number of aromatic nitrogens is 2. The van der Waals surface area contributed by atoms with E-state index in [2.05, 4.69) is 37.5 Å². The number of anilines is 1. The second-order valence-corrected chi connectivity index (χ2v) is 10.6. The number of hydrogen-bond donors (Lipinski definition) is 1. The molecular weight excluding hydrogens is 501 g/mol. The molecule has 0 atom stereocenters. The molecule has 10 heteroatoms. The van der Waals surface area contributed by atoms with Gasteiger partial charge in [-0.15, -0.1) is 10.2 Å². The van der Waals surface area contributed by atoms with Gasteiger partial charge in [-0.05, 0) is 71.1 Å². The van der Waals surface area contributed by atoms with E-state index in [1.54, 1.807) is 42.5 Å². The summed E-state index contributed by atoms with van der Waals surface area (Å²) in [4.78, 5) is 0.175. The van der Waals surface area contributed by atoms with Crippen molar-refractivity contribution < 1.29 is 16.8 Å². The smallest absolute Gasteiger partial charge is 0.261 e. The van der Waals surface area contributed by atoms with Gasteiger partial charge in [0.15, 0.2) is 14.9 Å². The summed E-state index contributed by atoms with van der Waals surface area (Å²) in [6.07, 6.45) is 1.06. The number of sulfone groups is 1. The van der Waals surface area contributed by atoms with Gasteiger partial charge >= 0.3 is 0 Å². The third kappa shape index (κ3) is 4.82. The molecule has 0 amide bonds. The average Bonchev–Trinajstić information content (AvgIpc) is 2.62. The molecule has 0 aliphatic heterocycles. The summed E-state index contributed by atoms with van der Waals surface area (Å²) >= 11 is 2.10. The van der Waals surface area contributed by atoms with Crippen LogP contribution in [0.2, 0.25) is 0 Å². The Hall–Kier alpha value is -2.05. The van der Waals surface area contributed by atoms with Gasteiger partial charge in [0.2, 0.25) is 0 Å². The van der Waals surface area contributed by atoms with Gasteiger partial charge in [-0.2, -0.15) is 0 Å². The molecule has 2 aromatic carbocycles. The summed E-state index contributed by atoms with van der Waals surface area (Å²) in [5.74, 6) is 0. The predicted octanol–water partition coefficient (Wildman–Crippen LogP) is 2.95. The van der Waals surface area contributed by atoms with Crippen LogP contribution >= 0.6 is 22.6 Å². The Bertz CT molecular complexity index is 1160. The Morgan fingerprint density at radius 2 is 1.44 bits per heavy atom. The van der Waals surface area contributed by atoms with E-state index in [4.69, 9.17) is 0 Å². The van der Waals surface area contributed by atoms with Crippen molar-refractivity contribution in [3.63, 3.8) is 0 Å². The first kappa shape index (κ1) is 19.7. The summed E-state index contributed by atoms with van der Waals surface area (Å²) in [6.45, 7) is 0. The molecule has 140 valence electrons. The Kier molecular flexibility index (Phi) is 5.49. The minimum atomic E-state index is -3.68. The Morgan fingerprint density at radius 3 is 1.96 bits per heavy atom. The van der Waals surface area contributed by atoms with Crippen molar-refractivity contribution in [1.82, 2.24) is 10.2 Å². The summed E-state index contributed by atoms with van der Waals surface area (Å²) in [5.41, 5.74) is 1.56. The maximum Gasteiger partial charge on any atom is 0.261 e. The first-order valence-corrected chi connectivity index (χ1v) is 12.0. The lowest BCUT2D eigenvalue weighted by Gasteiger charge is -2.09. The van der Waals surface area contributed by atoms with Crippen LogP contribution in [0.15, 0.2) is 70.6 Å². The van der Waals surface area contributed by atoms with Crippen LogP contribution in [-0.2, 0) is 19.9 Å². The molecule has 3 aromatic rings. The topological polar surface area (TPSA) is 106 Å². The molecule has 7 nitrogen and oxygen atoms in total. The minimum Gasteiger partial charge on any atom is -0.280 e. The van der Waals surface area contributed by atoms with Crippen LogP contribution in [-0.4, -0.2) is 33.3 Å². The van der Waals surface area contributed by atoms with Crippen LogP contribution < -0.4 is 4.72 Å². The number of benzene rings is 2. The van der Waals surface area contributed by atoms with E-state index in [-0.39, 0.29) is 9.92 Å². The predicted molar refractivity (Wildman–Crippen MR) is 111 cm³/mol. The number of nitrogens with one attached hydrogen (secondary N) is 1. The molecule has 0 radical (unpaired) electrons. The molecule has 1 aromatic heterocycles. The van der Waals surface area contributed by atoms with Crippen LogP contribution in [0.5, 0.6) is 0 Å². The number of nitrogens with zero attached hydrogens (tertiary/aromatic N) is 2. The van der Waals surface area contributed by atoms with Crippen molar-refractivity contribution in [3.05, 3.63) is 64.2 Å². The SMILES string of the molecule is CS(=O)(=O)c1ccc(-c2ccc(NS(=O)(=O)c3ccc(I)cc3)cc2)nn1. The molecule has 0 saturated carbocycles. The van der Waals surface area contributed by atoms with E-state index in [1.807, 2.05) is 0 Å². The molecule has 0 spiro atoms. The zero-order valence-electron chi connectivity index (χ0n) is 14.0. The van der Waals surface area contributed by atoms with Crippen LogP contribution in [0.4, 0.5) is 5.69 Å². The lowest BCUT2D eigenvalue weighted by Crippen LogP contribution is -2.12. The van der Waals surface area contributed by atoms with Crippen LogP contribution in [0, 0.1) is 3.57 Å². The first-order valence-electron chi connectivity index (χ1n) is 7.58. The highest BCUT2D eigenvalue weighted by atomic mass is 127. The van der Waals surface area contributed by atoms with Gasteiger partial charge in [0.25, 0.3) is 10.0 Å². The van der Waals surface area contributed by atoms with E-state index in [0.717, 1.165) is 9.83 Å². The van der Waals surface area contributed by atoms with Crippen molar-refractivity contribution in [1.29, 1.82) is 0 Å². The van der Waals surface area contributed by atoms with Crippen molar-refractivity contribution in [2.75, 3.05) is 11.0 Å². The van der Waals surface area contributed by atoms with Gasteiger partial charge in [-0.25, -0.2) is 16.8 Å². The molecule has 3 rings (SSSR count). The van der Waals surface area contributed by atoms with Gasteiger partial charge in [0.1, 0.15) is 0 Å². The van der Waals surface area contributed by atoms with Gasteiger partial charge < -0.3 is 0 Å². The molecule has 0 aliphatic rings. The summed E-state index contributed by atoms with van der Waals surface area (Å²) in [7, 11) is -7.09. The standard InChI is InChI=1S/C17H14IN3O4S2/c1-26(22,23)17-11-10-16(19-20-17)12-2-6-14(7-3-12)21-27(24,25)15-8-4-13(18)5-9-15/h2-11,21H,1H3. The summed E-state index contributed by atoms with van der Waals surface area (Å²) in [6, 6.07) is 16.0. The number of hydrogen-bond acceptors (Lipinski definition) is 6. The van der Waals surface area contributed by atoms with E-state index in [1.165, 1.54) is 18.2 Å². The van der Waals surface area contributed by atoms with Crippen molar-refractivity contribution in [3.8, 4) is 11.3 Å². The van der Waals surface area contributed by atoms with Crippen molar-refractivity contribution in [2.45, 2.75) is 9.92 Å². The monoisotopic (exact) mass is 515 g/mol. The lowest BCUT2D eigenvalue weighted by atomic mass is 10.1. The zero-order valence-corrected chi connectivity index (χ0v) is 17.8. The van der Waals surface area contributed by atoms with E-state index in [9.17, 15) is 16.8 Å². The van der Waals surface area contributed by atoms with Crippen molar-refractivity contribution >= 4 is 48.1 Å². The number of rotatable bonds is 5. The second-order valence-electron chi connectivity index (χ2n) is 5.67. The first-order chi connectivity index (χ1) is 12.6. The largest absolute Gasteiger partial charge is 0.280 e. The molecule has 0 bridgehead atoms. The fourth-order valence-electron chi connectivity index (χ4n) is 2.21.